The van der Waals surface area contributed by atoms with Gasteiger partial charge in [0.1, 0.15) is 0 Å². The highest BCUT2D eigenvalue weighted by atomic mass is 28.3. The maximum atomic E-state index is 2.69. The van der Waals surface area contributed by atoms with Gasteiger partial charge in [0, 0.05) is 0 Å². The first-order valence-corrected chi connectivity index (χ1v) is 8.03. The van der Waals surface area contributed by atoms with Gasteiger partial charge < -0.3 is 4.57 Å². The van der Waals surface area contributed by atoms with Gasteiger partial charge in [-0.15, -0.1) is 0 Å². The summed E-state index contributed by atoms with van der Waals surface area (Å²) in [5, 5.41) is 0. The lowest BCUT2D eigenvalue weighted by atomic mass is 10.7. The van der Waals surface area contributed by atoms with E-state index in [0.29, 0.717) is 0 Å². The topological polar surface area (TPSA) is 3.24 Å². The van der Waals surface area contributed by atoms with Gasteiger partial charge in [0.25, 0.3) is 0 Å². The highest BCUT2D eigenvalue weighted by Crippen LogP contribution is 2.21. The molecule has 0 bridgehead atoms. The van der Waals surface area contributed by atoms with E-state index in [1.807, 2.05) is 0 Å². The maximum Gasteiger partial charge on any atom is 0.152 e. The van der Waals surface area contributed by atoms with Crippen LogP contribution in [-0.4, -0.2) is 25.9 Å². The highest BCUT2D eigenvalue weighted by molar-refractivity contribution is 6.81. The van der Waals surface area contributed by atoms with Gasteiger partial charge in [0.2, 0.25) is 0 Å². The Morgan fingerprint density at radius 1 is 1.00 bits per heavy atom. The zero-order valence-electron chi connectivity index (χ0n) is 9.93. The monoisotopic (exact) mass is 199 g/mol. The van der Waals surface area contributed by atoms with Gasteiger partial charge in [-0.2, -0.15) is 0 Å². The van der Waals surface area contributed by atoms with Crippen molar-refractivity contribution in [2.24, 2.45) is 0 Å². The molecule has 0 aliphatic heterocycles. The average Bonchev–Trinajstić information content (AvgIpc) is 2.18. The number of hydrogen-bond donors (Lipinski definition) is 0. The zero-order chi connectivity index (χ0) is 10.3. The van der Waals surface area contributed by atoms with Gasteiger partial charge in [0.05, 0.1) is 0 Å². The summed E-state index contributed by atoms with van der Waals surface area (Å²) >= 11 is 0. The molecule has 2 heteroatoms. The summed E-state index contributed by atoms with van der Waals surface area (Å²) in [5.41, 5.74) is 2.50. The summed E-state index contributed by atoms with van der Waals surface area (Å²) in [4.78, 5) is 0. The molecule has 0 rings (SSSR count). The smallest absolute Gasteiger partial charge is 0.152 e. The van der Waals surface area contributed by atoms with E-state index in [0.717, 1.165) is 0 Å². The molecule has 0 aromatic heterocycles. The molecule has 78 valence electrons. The van der Waals surface area contributed by atoms with E-state index < -0.39 is 8.24 Å². The van der Waals surface area contributed by atoms with Crippen molar-refractivity contribution in [2.45, 2.75) is 46.7 Å². The Hall–Kier alpha value is -0.0831. The summed E-state index contributed by atoms with van der Waals surface area (Å²) in [6.07, 6.45) is 2.25. The van der Waals surface area contributed by atoms with Crippen LogP contribution in [0.1, 0.15) is 34.6 Å². The van der Waals surface area contributed by atoms with Crippen LogP contribution >= 0.6 is 0 Å². The predicted molar refractivity (Wildman–Crippen MR) is 64.5 cm³/mol. The second-order valence-electron chi connectivity index (χ2n) is 3.48. The molecule has 13 heavy (non-hydrogen) atoms. The quantitative estimate of drug-likeness (QED) is 0.592. The van der Waals surface area contributed by atoms with Gasteiger partial charge in [-0.05, 0) is 32.1 Å². The third kappa shape index (κ3) is 2.95. The Morgan fingerprint density at radius 2 is 1.46 bits per heavy atom. The molecule has 1 nitrogen and oxygen atoms in total. The van der Waals surface area contributed by atoms with Crippen LogP contribution in [0, 0.1) is 0 Å². The minimum Gasteiger partial charge on any atom is -0.321 e. The van der Waals surface area contributed by atoms with Crippen LogP contribution in [0.2, 0.25) is 12.1 Å². The van der Waals surface area contributed by atoms with Crippen molar-refractivity contribution in [3.8, 4) is 0 Å². The SMILES string of the molecule is CC=C[Si](CC)(CC)N(CC)CC. The van der Waals surface area contributed by atoms with Crippen LogP contribution in [0.25, 0.3) is 0 Å². The third-order valence-corrected chi connectivity index (χ3v) is 8.39. The fourth-order valence-corrected chi connectivity index (χ4v) is 6.16. The van der Waals surface area contributed by atoms with Crippen LogP contribution in [0.3, 0.4) is 0 Å². The first kappa shape index (κ1) is 12.9. The van der Waals surface area contributed by atoms with Crippen LogP contribution in [0.4, 0.5) is 0 Å². The molecule has 0 heterocycles. The van der Waals surface area contributed by atoms with E-state index >= 15 is 0 Å². The third-order valence-electron chi connectivity index (χ3n) is 3.09. The largest absolute Gasteiger partial charge is 0.321 e. The zero-order valence-corrected chi connectivity index (χ0v) is 10.9. The van der Waals surface area contributed by atoms with Crippen molar-refractivity contribution in [3.05, 3.63) is 11.8 Å². The fraction of sp³-hybridized carbons (Fsp3) is 0.818. The fourth-order valence-electron chi connectivity index (χ4n) is 2.20. The highest BCUT2D eigenvalue weighted by Gasteiger charge is 2.31. The summed E-state index contributed by atoms with van der Waals surface area (Å²) in [5.74, 6) is 0. The van der Waals surface area contributed by atoms with E-state index in [1.165, 1.54) is 25.2 Å². The van der Waals surface area contributed by atoms with Crippen molar-refractivity contribution in [2.75, 3.05) is 13.1 Å². The number of hydrogen-bond acceptors (Lipinski definition) is 1. The standard InChI is InChI=1S/C11H25NSi/c1-6-11-13(9-4,10-5)12(7-2)8-3/h6,11H,7-10H2,1-5H3. The summed E-state index contributed by atoms with van der Waals surface area (Å²) in [6, 6.07) is 2.69. The normalized spacial score (nSPS) is 13.1. The minimum atomic E-state index is -1.22. The van der Waals surface area contributed by atoms with E-state index in [-0.39, 0.29) is 0 Å². The minimum absolute atomic E-state index is 1.20. The summed E-state index contributed by atoms with van der Waals surface area (Å²) in [6.45, 7) is 13.8. The molecule has 0 saturated heterocycles. The first-order chi connectivity index (χ1) is 6.20. The molecule has 0 saturated carbocycles. The lowest BCUT2D eigenvalue weighted by molar-refractivity contribution is 0.465. The average molecular weight is 199 g/mol. The van der Waals surface area contributed by atoms with E-state index in [4.69, 9.17) is 0 Å². The van der Waals surface area contributed by atoms with Crippen LogP contribution < -0.4 is 0 Å². The molecular weight excluding hydrogens is 174 g/mol. The van der Waals surface area contributed by atoms with Crippen LogP contribution in [0.15, 0.2) is 11.8 Å². The Balaban J connectivity index is 4.70. The molecular formula is C11H25NSi. The van der Waals surface area contributed by atoms with Gasteiger partial charge in [0.15, 0.2) is 8.24 Å². The van der Waals surface area contributed by atoms with Crippen LogP contribution in [0.5, 0.6) is 0 Å². The van der Waals surface area contributed by atoms with Gasteiger partial charge in [-0.1, -0.05) is 39.5 Å². The lowest BCUT2D eigenvalue weighted by Gasteiger charge is -2.37. The molecule has 0 radical (unpaired) electrons. The molecule has 0 aliphatic rings. The summed E-state index contributed by atoms with van der Waals surface area (Å²) < 4.78 is 2.69. The number of rotatable bonds is 6. The molecule has 0 aliphatic carbocycles. The molecule has 0 aromatic carbocycles. The Bertz CT molecular complexity index is 146. The van der Waals surface area contributed by atoms with Gasteiger partial charge >= 0.3 is 0 Å². The number of allylic oxidation sites excluding steroid dienone is 1. The van der Waals surface area contributed by atoms with Crippen molar-refractivity contribution in [3.63, 3.8) is 0 Å². The molecule has 0 unspecified atom stereocenters. The Labute approximate surface area is 84.9 Å². The van der Waals surface area contributed by atoms with E-state index in [1.54, 1.807) is 0 Å². The van der Waals surface area contributed by atoms with Crippen LogP contribution in [-0.2, 0) is 0 Å². The van der Waals surface area contributed by atoms with Gasteiger partial charge in [-0.25, -0.2) is 0 Å². The van der Waals surface area contributed by atoms with Crippen molar-refractivity contribution >= 4 is 8.24 Å². The molecule has 0 N–H and O–H groups in total. The number of nitrogens with zero attached hydrogens (tertiary/aromatic N) is 1. The summed E-state index contributed by atoms with van der Waals surface area (Å²) in [7, 11) is -1.22. The van der Waals surface area contributed by atoms with Gasteiger partial charge in [-0.3, -0.25) is 0 Å². The lowest BCUT2D eigenvalue weighted by Crippen LogP contribution is -2.51. The van der Waals surface area contributed by atoms with Crippen molar-refractivity contribution in [1.82, 2.24) is 4.57 Å². The Morgan fingerprint density at radius 3 is 1.69 bits per heavy atom. The molecule has 0 amide bonds. The molecule has 0 atom stereocenters. The second-order valence-corrected chi connectivity index (χ2v) is 8.07. The molecule has 0 aromatic rings. The second kappa shape index (κ2) is 6.38. The molecule has 0 spiro atoms. The van der Waals surface area contributed by atoms with Crippen molar-refractivity contribution < 1.29 is 0 Å². The van der Waals surface area contributed by atoms with E-state index in [2.05, 4.69) is 51.0 Å². The predicted octanol–water partition coefficient (Wildman–Crippen LogP) is 3.43. The molecule has 0 fully saturated rings. The van der Waals surface area contributed by atoms with Crippen molar-refractivity contribution in [1.29, 1.82) is 0 Å². The maximum absolute atomic E-state index is 2.69. The first-order valence-electron chi connectivity index (χ1n) is 5.59. The Kier molecular flexibility index (Phi) is 6.34. The van der Waals surface area contributed by atoms with E-state index in [9.17, 15) is 0 Å².